The van der Waals surface area contributed by atoms with Gasteiger partial charge in [-0.1, -0.05) is 17.7 Å². The van der Waals surface area contributed by atoms with E-state index in [9.17, 15) is 9.59 Å². The van der Waals surface area contributed by atoms with Crippen LogP contribution in [0.5, 0.6) is 0 Å². The highest BCUT2D eigenvalue weighted by Gasteiger charge is 2.41. The number of carbonyl (C=O) groups excluding carboxylic acids is 2. The van der Waals surface area contributed by atoms with E-state index in [4.69, 9.17) is 11.6 Å². The lowest BCUT2D eigenvalue weighted by Crippen LogP contribution is -2.52. The molecule has 0 bridgehead atoms. The highest BCUT2D eigenvalue weighted by atomic mass is 35.5. The van der Waals surface area contributed by atoms with Crippen LogP contribution in [-0.4, -0.2) is 47.9 Å². The van der Waals surface area contributed by atoms with Gasteiger partial charge in [-0.05, 0) is 56.2 Å². The fourth-order valence-electron chi connectivity index (χ4n) is 3.91. The van der Waals surface area contributed by atoms with E-state index < -0.39 is 0 Å². The molecule has 1 N–H and O–H groups in total. The van der Waals surface area contributed by atoms with Gasteiger partial charge in [-0.15, -0.1) is 0 Å². The van der Waals surface area contributed by atoms with E-state index in [1.54, 1.807) is 6.07 Å². The number of hydrogen-bond acceptors (Lipinski definition) is 2. The fourth-order valence-corrected chi connectivity index (χ4v) is 4.08. The van der Waals surface area contributed by atoms with Gasteiger partial charge in [-0.2, -0.15) is 0 Å². The molecule has 0 atom stereocenters. The van der Waals surface area contributed by atoms with E-state index in [1.165, 1.54) is 0 Å². The van der Waals surface area contributed by atoms with Crippen molar-refractivity contribution in [3.63, 3.8) is 0 Å². The van der Waals surface area contributed by atoms with Crippen LogP contribution >= 0.6 is 11.6 Å². The summed E-state index contributed by atoms with van der Waals surface area (Å²) >= 11 is 6.03. The van der Waals surface area contributed by atoms with Crippen LogP contribution in [0.3, 0.4) is 0 Å². The quantitative estimate of drug-likeness (QED) is 0.866. The Balaban J connectivity index is 1.59. The number of piperidine rings is 2. The average Bonchev–Trinajstić information content (AvgIpc) is 2.61. The normalized spacial score (nSPS) is 20.0. The van der Waals surface area contributed by atoms with Crippen molar-refractivity contribution in [2.75, 3.05) is 31.5 Å². The van der Waals surface area contributed by atoms with Crippen molar-refractivity contribution in [1.82, 2.24) is 9.80 Å². The number of anilines is 1. The number of urea groups is 1. The minimum Gasteiger partial charge on any atom is -0.342 e. The number of halogens is 1. The van der Waals surface area contributed by atoms with Crippen LogP contribution in [0.2, 0.25) is 5.02 Å². The average molecular weight is 364 g/mol. The second kappa shape index (κ2) is 7.24. The van der Waals surface area contributed by atoms with Crippen LogP contribution in [0.4, 0.5) is 10.5 Å². The molecule has 2 saturated heterocycles. The maximum Gasteiger partial charge on any atom is 0.321 e. The molecule has 2 aliphatic heterocycles. The zero-order valence-corrected chi connectivity index (χ0v) is 15.7. The van der Waals surface area contributed by atoms with Crippen molar-refractivity contribution in [3.05, 3.63) is 28.8 Å². The molecule has 0 aliphatic carbocycles. The fraction of sp³-hybridized carbons (Fsp3) is 0.579. The van der Waals surface area contributed by atoms with Crippen LogP contribution < -0.4 is 5.32 Å². The van der Waals surface area contributed by atoms with Crippen molar-refractivity contribution in [1.29, 1.82) is 0 Å². The molecule has 0 aromatic heterocycles. The van der Waals surface area contributed by atoms with Crippen molar-refractivity contribution >= 4 is 29.2 Å². The van der Waals surface area contributed by atoms with E-state index in [1.807, 2.05) is 35.8 Å². The summed E-state index contributed by atoms with van der Waals surface area (Å²) in [5, 5.41) is 3.59. The summed E-state index contributed by atoms with van der Waals surface area (Å²) in [5.74, 6) is 0.268. The van der Waals surface area contributed by atoms with Crippen molar-refractivity contribution in [3.8, 4) is 0 Å². The van der Waals surface area contributed by atoms with Gasteiger partial charge < -0.3 is 15.1 Å². The van der Waals surface area contributed by atoms with Crippen LogP contribution in [0, 0.1) is 12.3 Å². The second-order valence-corrected chi connectivity index (χ2v) is 7.72. The molecule has 2 aliphatic rings. The monoisotopic (exact) mass is 363 g/mol. The maximum absolute atomic E-state index is 12.6. The van der Waals surface area contributed by atoms with Gasteiger partial charge in [0, 0.05) is 43.3 Å². The molecule has 1 aromatic carbocycles. The maximum atomic E-state index is 12.6. The summed E-state index contributed by atoms with van der Waals surface area (Å²) in [5.41, 5.74) is 1.95. The largest absolute Gasteiger partial charge is 0.342 e. The van der Waals surface area contributed by atoms with Crippen molar-refractivity contribution in [2.24, 2.45) is 5.41 Å². The van der Waals surface area contributed by atoms with Gasteiger partial charge in [0.15, 0.2) is 0 Å². The smallest absolute Gasteiger partial charge is 0.321 e. The van der Waals surface area contributed by atoms with Crippen molar-refractivity contribution < 1.29 is 9.59 Å². The lowest BCUT2D eigenvalue weighted by molar-refractivity contribution is -0.138. The molecule has 1 spiro atoms. The Morgan fingerprint density at radius 1 is 1.28 bits per heavy atom. The zero-order chi connectivity index (χ0) is 18.0. The van der Waals surface area contributed by atoms with Gasteiger partial charge >= 0.3 is 6.03 Å². The van der Waals surface area contributed by atoms with Gasteiger partial charge in [0.2, 0.25) is 5.91 Å². The summed E-state index contributed by atoms with van der Waals surface area (Å²) in [7, 11) is 0. The molecule has 2 heterocycles. The van der Waals surface area contributed by atoms with Crippen LogP contribution in [-0.2, 0) is 4.79 Å². The number of hydrogen-bond donors (Lipinski definition) is 1. The molecule has 136 valence electrons. The minimum absolute atomic E-state index is 0.0700. The standard InChI is InChI=1S/C19H26ClN3O2/c1-3-22-13-19(7-6-17(22)24)8-10-23(11-9-19)18(25)21-16-12-15(20)5-4-14(16)2/h4-5,12H,3,6-11,13H2,1-2H3,(H,21,25). The van der Waals surface area contributed by atoms with E-state index in [0.717, 1.165) is 56.7 Å². The Bertz CT molecular complexity index is 669. The van der Waals surface area contributed by atoms with Crippen LogP contribution in [0.15, 0.2) is 18.2 Å². The molecule has 0 saturated carbocycles. The number of benzene rings is 1. The SMILES string of the molecule is CCN1CC2(CCC1=O)CCN(C(=O)Nc1cc(Cl)ccc1C)CC2. The third-order valence-corrected chi connectivity index (χ3v) is 5.92. The Morgan fingerprint density at radius 2 is 2.00 bits per heavy atom. The molecular formula is C19H26ClN3O2. The molecule has 0 radical (unpaired) electrons. The van der Waals surface area contributed by atoms with Gasteiger partial charge in [-0.25, -0.2) is 4.79 Å². The molecule has 3 amide bonds. The lowest BCUT2D eigenvalue weighted by atomic mass is 9.72. The van der Waals surface area contributed by atoms with E-state index in [0.29, 0.717) is 11.4 Å². The van der Waals surface area contributed by atoms with Gasteiger partial charge in [0.1, 0.15) is 0 Å². The number of nitrogens with one attached hydrogen (secondary N) is 1. The molecule has 25 heavy (non-hydrogen) atoms. The summed E-state index contributed by atoms with van der Waals surface area (Å²) < 4.78 is 0. The Morgan fingerprint density at radius 3 is 2.68 bits per heavy atom. The Labute approximate surface area is 154 Å². The topological polar surface area (TPSA) is 52.7 Å². The highest BCUT2D eigenvalue weighted by molar-refractivity contribution is 6.31. The van der Waals surface area contributed by atoms with E-state index >= 15 is 0 Å². The summed E-state index contributed by atoms with van der Waals surface area (Å²) in [4.78, 5) is 28.3. The predicted molar refractivity (Wildman–Crippen MR) is 99.9 cm³/mol. The summed E-state index contributed by atoms with van der Waals surface area (Å²) in [6.45, 7) is 7.07. The van der Waals surface area contributed by atoms with Crippen LogP contribution in [0.25, 0.3) is 0 Å². The minimum atomic E-state index is -0.0700. The third kappa shape index (κ3) is 3.92. The van der Waals surface area contributed by atoms with Crippen LogP contribution in [0.1, 0.15) is 38.2 Å². The van der Waals surface area contributed by atoms with Gasteiger partial charge in [0.05, 0.1) is 0 Å². The molecule has 0 unspecified atom stereocenters. The first-order valence-corrected chi connectivity index (χ1v) is 9.40. The number of amides is 3. The molecule has 2 fully saturated rings. The summed E-state index contributed by atoms with van der Waals surface area (Å²) in [6.07, 6.45) is 3.50. The molecule has 3 rings (SSSR count). The zero-order valence-electron chi connectivity index (χ0n) is 15.0. The van der Waals surface area contributed by atoms with E-state index in [2.05, 4.69) is 5.32 Å². The summed E-state index contributed by atoms with van der Waals surface area (Å²) in [6, 6.07) is 5.44. The first kappa shape index (κ1) is 18.1. The first-order chi connectivity index (χ1) is 11.9. The first-order valence-electron chi connectivity index (χ1n) is 9.02. The molecule has 1 aromatic rings. The number of carbonyl (C=O) groups is 2. The Kier molecular flexibility index (Phi) is 5.23. The molecule has 5 nitrogen and oxygen atoms in total. The third-order valence-electron chi connectivity index (χ3n) is 5.68. The number of rotatable bonds is 2. The second-order valence-electron chi connectivity index (χ2n) is 7.28. The van der Waals surface area contributed by atoms with Gasteiger partial charge in [-0.3, -0.25) is 4.79 Å². The molecule has 6 heteroatoms. The number of nitrogens with zero attached hydrogens (tertiary/aromatic N) is 2. The number of likely N-dealkylation sites (tertiary alicyclic amines) is 2. The number of aryl methyl sites for hydroxylation is 1. The molecular weight excluding hydrogens is 338 g/mol. The van der Waals surface area contributed by atoms with Gasteiger partial charge in [0.25, 0.3) is 0 Å². The Hall–Kier alpha value is -1.75. The van der Waals surface area contributed by atoms with Crippen molar-refractivity contribution in [2.45, 2.75) is 39.5 Å². The highest BCUT2D eigenvalue weighted by Crippen LogP contribution is 2.40. The van der Waals surface area contributed by atoms with E-state index in [-0.39, 0.29) is 17.4 Å². The predicted octanol–water partition coefficient (Wildman–Crippen LogP) is 3.90. The lowest BCUT2D eigenvalue weighted by Gasteiger charge is -2.47.